The lowest BCUT2D eigenvalue weighted by molar-refractivity contribution is 0.145. The molecule has 2 unspecified atom stereocenters. The molecule has 1 N–H and O–H groups in total. The largest absolute Gasteiger partial charge is 0.493 e. The van der Waals surface area contributed by atoms with Crippen molar-refractivity contribution in [2.24, 2.45) is 0 Å². The van der Waals surface area contributed by atoms with E-state index >= 15 is 0 Å². The van der Waals surface area contributed by atoms with Gasteiger partial charge < -0.3 is 9.84 Å². The number of aliphatic hydroxyl groups excluding tert-OH is 1. The van der Waals surface area contributed by atoms with Crippen LogP contribution in [0.4, 0.5) is 0 Å². The summed E-state index contributed by atoms with van der Waals surface area (Å²) in [6.45, 7) is 4.84. The van der Waals surface area contributed by atoms with Crippen molar-refractivity contribution < 1.29 is 9.84 Å². The van der Waals surface area contributed by atoms with Gasteiger partial charge in [0.25, 0.3) is 0 Å². The summed E-state index contributed by atoms with van der Waals surface area (Å²) in [7, 11) is 1.61. The van der Waals surface area contributed by atoms with Crippen LogP contribution in [0.3, 0.4) is 0 Å². The zero-order chi connectivity index (χ0) is 14.5. The molecule has 0 saturated carbocycles. The highest BCUT2D eigenvalue weighted by Crippen LogP contribution is 2.32. The molecule has 108 valence electrons. The van der Waals surface area contributed by atoms with Gasteiger partial charge in [0.1, 0.15) is 5.69 Å². The van der Waals surface area contributed by atoms with Gasteiger partial charge in [0.15, 0.2) is 5.75 Å². The van der Waals surface area contributed by atoms with Gasteiger partial charge >= 0.3 is 0 Å². The van der Waals surface area contributed by atoms with Gasteiger partial charge in [0.2, 0.25) is 0 Å². The van der Waals surface area contributed by atoms with Crippen molar-refractivity contribution in [3.8, 4) is 5.75 Å². The Morgan fingerprint density at radius 3 is 2.60 bits per heavy atom. The van der Waals surface area contributed by atoms with Crippen LogP contribution < -0.4 is 4.74 Å². The Hall–Kier alpha value is -1.81. The molecule has 1 heterocycles. The predicted molar refractivity (Wildman–Crippen MR) is 78.9 cm³/mol. The number of aryl methyl sites for hydroxylation is 1. The molecule has 0 amide bonds. The number of aliphatic hydroxyl groups is 1. The van der Waals surface area contributed by atoms with Crippen LogP contribution >= 0.6 is 0 Å². The molecule has 1 aromatic heterocycles. The number of methoxy groups -OCH3 is 1. The Morgan fingerprint density at radius 2 is 2.00 bits per heavy atom. The van der Waals surface area contributed by atoms with Crippen molar-refractivity contribution in [3.05, 3.63) is 47.8 Å². The van der Waals surface area contributed by atoms with Gasteiger partial charge in [-0.3, -0.25) is 4.68 Å². The van der Waals surface area contributed by atoms with Gasteiger partial charge in [-0.05, 0) is 24.8 Å². The van der Waals surface area contributed by atoms with Crippen LogP contribution in [-0.4, -0.2) is 22.0 Å². The summed E-state index contributed by atoms with van der Waals surface area (Å²) >= 11 is 0. The summed E-state index contributed by atoms with van der Waals surface area (Å²) in [6, 6.07) is 10.2. The van der Waals surface area contributed by atoms with Crippen LogP contribution in [0.25, 0.3) is 0 Å². The number of hydrogen-bond acceptors (Lipinski definition) is 3. The lowest BCUT2D eigenvalue weighted by atomic mass is 9.94. The number of rotatable bonds is 6. The molecule has 0 fully saturated rings. The Balaban J connectivity index is 2.16. The third-order valence-electron chi connectivity index (χ3n) is 3.63. The first-order chi connectivity index (χ1) is 9.67. The maximum absolute atomic E-state index is 10.5. The zero-order valence-corrected chi connectivity index (χ0v) is 12.3. The second-order valence-electron chi connectivity index (χ2n) is 4.98. The van der Waals surface area contributed by atoms with E-state index in [1.807, 2.05) is 25.1 Å². The minimum Gasteiger partial charge on any atom is -0.493 e. The lowest BCUT2D eigenvalue weighted by Crippen LogP contribution is -2.11. The molecule has 0 saturated heterocycles. The Bertz CT molecular complexity index is 515. The van der Waals surface area contributed by atoms with Crippen LogP contribution in [0.5, 0.6) is 5.75 Å². The SMILES string of the molecule is CCn1ncc(OC)c1C(O)CC(C)c1ccccc1. The normalized spacial score (nSPS) is 14.0. The maximum Gasteiger partial charge on any atom is 0.162 e. The van der Waals surface area contributed by atoms with Gasteiger partial charge in [-0.25, -0.2) is 0 Å². The van der Waals surface area contributed by atoms with Crippen molar-refractivity contribution in [2.45, 2.75) is 38.8 Å². The number of ether oxygens (including phenoxy) is 1. The highest BCUT2D eigenvalue weighted by atomic mass is 16.5. The first-order valence-corrected chi connectivity index (χ1v) is 7.00. The van der Waals surface area contributed by atoms with Gasteiger partial charge in [-0.2, -0.15) is 5.10 Å². The summed E-state index contributed by atoms with van der Waals surface area (Å²) in [6.07, 6.45) is 1.73. The third-order valence-corrected chi connectivity index (χ3v) is 3.63. The first-order valence-electron chi connectivity index (χ1n) is 7.00. The second kappa shape index (κ2) is 6.57. The van der Waals surface area contributed by atoms with E-state index in [1.54, 1.807) is 18.0 Å². The molecule has 0 aliphatic heterocycles. The molecule has 2 atom stereocenters. The van der Waals surface area contributed by atoms with Crippen molar-refractivity contribution in [3.63, 3.8) is 0 Å². The second-order valence-corrected chi connectivity index (χ2v) is 4.98. The van der Waals surface area contributed by atoms with Crippen LogP contribution in [-0.2, 0) is 6.54 Å². The smallest absolute Gasteiger partial charge is 0.162 e. The van der Waals surface area contributed by atoms with Crippen molar-refractivity contribution in [2.75, 3.05) is 7.11 Å². The fourth-order valence-electron chi connectivity index (χ4n) is 2.49. The van der Waals surface area contributed by atoms with E-state index in [-0.39, 0.29) is 5.92 Å². The molecular formula is C16H22N2O2. The predicted octanol–water partition coefficient (Wildman–Crippen LogP) is 3.14. The monoisotopic (exact) mass is 274 g/mol. The Labute approximate surface area is 120 Å². The molecule has 20 heavy (non-hydrogen) atoms. The average molecular weight is 274 g/mol. The van der Waals surface area contributed by atoms with Gasteiger partial charge in [0, 0.05) is 6.54 Å². The molecular weight excluding hydrogens is 252 g/mol. The summed E-state index contributed by atoms with van der Waals surface area (Å²) in [5.74, 6) is 0.927. The van der Waals surface area contributed by atoms with E-state index in [0.29, 0.717) is 12.2 Å². The van der Waals surface area contributed by atoms with E-state index in [2.05, 4.69) is 24.2 Å². The molecule has 0 radical (unpaired) electrons. The van der Waals surface area contributed by atoms with Crippen molar-refractivity contribution >= 4 is 0 Å². The van der Waals surface area contributed by atoms with Crippen LogP contribution in [0.1, 0.15) is 43.5 Å². The minimum atomic E-state index is -0.581. The third kappa shape index (κ3) is 3.02. The quantitative estimate of drug-likeness (QED) is 0.880. The maximum atomic E-state index is 10.5. The van der Waals surface area contributed by atoms with Crippen LogP contribution in [0.2, 0.25) is 0 Å². The highest BCUT2D eigenvalue weighted by molar-refractivity contribution is 5.28. The number of hydrogen-bond donors (Lipinski definition) is 1. The van der Waals surface area contributed by atoms with E-state index in [4.69, 9.17) is 4.74 Å². The fourth-order valence-corrected chi connectivity index (χ4v) is 2.49. The first kappa shape index (κ1) is 14.6. The standard InChI is InChI=1S/C16H22N2O2/c1-4-18-16(15(20-3)11-17-18)14(19)10-12(2)13-8-6-5-7-9-13/h5-9,11-12,14,19H,4,10H2,1-3H3. The van der Waals surface area contributed by atoms with E-state index < -0.39 is 6.10 Å². The van der Waals surface area contributed by atoms with Crippen LogP contribution in [0, 0.1) is 0 Å². The molecule has 2 rings (SSSR count). The van der Waals surface area contributed by atoms with Gasteiger partial charge in [0.05, 0.1) is 19.4 Å². The summed E-state index contributed by atoms with van der Waals surface area (Å²) in [5, 5.41) is 14.8. The minimum absolute atomic E-state index is 0.274. The molecule has 4 heteroatoms. The van der Waals surface area contributed by atoms with Crippen molar-refractivity contribution in [1.29, 1.82) is 0 Å². The average Bonchev–Trinajstić information content (AvgIpc) is 2.91. The topological polar surface area (TPSA) is 47.3 Å². The van der Waals surface area contributed by atoms with E-state index in [9.17, 15) is 5.11 Å². The molecule has 2 aromatic rings. The molecule has 0 aliphatic carbocycles. The summed E-state index contributed by atoms with van der Waals surface area (Å²) < 4.78 is 7.09. The summed E-state index contributed by atoms with van der Waals surface area (Å²) in [4.78, 5) is 0. The zero-order valence-electron chi connectivity index (χ0n) is 12.3. The molecule has 1 aromatic carbocycles. The number of benzene rings is 1. The van der Waals surface area contributed by atoms with Crippen LogP contribution in [0.15, 0.2) is 36.5 Å². The van der Waals surface area contributed by atoms with Gasteiger partial charge in [-0.15, -0.1) is 0 Å². The molecule has 4 nitrogen and oxygen atoms in total. The Kier molecular flexibility index (Phi) is 4.79. The number of aromatic nitrogens is 2. The van der Waals surface area contributed by atoms with E-state index in [1.165, 1.54) is 5.56 Å². The lowest BCUT2D eigenvalue weighted by Gasteiger charge is -2.18. The summed E-state index contributed by atoms with van der Waals surface area (Å²) in [5.41, 5.74) is 1.99. The molecule has 0 bridgehead atoms. The number of nitrogens with zero attached hydrogens (tertiary/aromatic N) is 2. The Morgan fingerprint density at radius 1 is 1.30 bits per heavy atom. The van der Waals surface area contributed by atoms with E-state index in [0.717, 1.165) is 12.2 Å². The van der Waals surface area contributed by atoms with Crippen molar-refractivity contribution in [1.82, 2.24) is 9.78 Å². The van der Waals surface area contributed by atoms with Gasteiger partial charge in [-0.1, -0.05) is 37.3 Å². The fraction of sp³-hybridized carbons (Fsp3) is 0.438. The molecule has 0 aliphatic rings. The highest BCUT2D eigenvalue weighted by Gasteiger charge is 2.22. The molecule has 0 spiro atoms.